The summed E-state index contributed by atoms with van der Waals surface area (Å²) in [5.41, 5.74) is 6.38. The van der Waals surface area contributed by atoms with Gasteiger partial charge in [-0.2, -0.15) is 0 Å². The summed E-state index contributed by atoms with van der Waals surface area (Å²) in [6.45, 7) is 0. The van der Waals surface area contributed by atoms with E-state index in [1.165, 1.54) is 12.1 Å². The molecule has 0 aromatic heterocycles. The largest absolute Gasteiger partial charge is 0.399 e. The van der Waals surface area contributed by atoms with Crippen LogP contribution in [0.15, 0.2) is 18.2 Å². The number of nitrogens with one attached hydrogen (secondary N) is 1. The Morgan fingerprint density at radius 1 is 1.35 bits per heavy atom. The smallest absolute Gasteiger partial charge is 0.152 e. The van der Waals surface area contributed by atoms with Crippen LogP contribution in [0.2, 0.25) is 0 Å². The number of hydrogen-bond acceptors (Lipinski definition) is 4. The van der Waals surface area contributed by atoms with Crippen LogP contribution >= 0.6 is 0 Å². The second-order valence-electron chi connectivity index (χ2n) is 4.37. The normalized spacial score (nSPS) is 23.2. The van der Waals surface area contributed by atoms with Crippen molar-refractivity contribution in [3.8, 4) is 0 Å². The Morgan fingerprint density at radius 3 is 2.76 bits per heavy atom. The predicted octanol–water partition coefficient (Wildman–Crippen LogP) is 1.40. The molecule has 1 aliphatic rings. The van der Waals surface area contributed by atoms with Crippen molar-refractivity contribution < 1.29 is 12.8 Å². The lowest BCUT2D eigenvalue weighted by Gasteiger charge is -2.24. The van der Waals surface area contributed by atoms with Crippen molar-refractivity contribution in [2.75, 3.05) is 22.6 Å². The standard InChI is InChI=1S/C11H15FN2O2S/c12-8-4-9(13)6-11(5-8)14-10-2-1-3-17(15,16)7-10/h4-6,10,14H,1-3,7,13H2. The number of benzene rings is 1. The van der Waals surface area contributed by atoms with Gasteiger partial charge in [-0.3, -0.25) is 0 Å². The second kappa shape index (κ2) is 4.52. The monoisotopic (exact) mass is 258 g/mol. The van der Waals surface area contributed by atoms with Gasteiger partial charge in [0.05, 0.1) is 11.5 Å². The van der Waals surface area contributed by atoms with Crippen molar-refractivity contribution in [3.63, 3.8) is 0 Å². The highest BCUT2D eigenvalue weighted by atomic mass is 32.2. The zero-order valence-electron chi connectivity index (χ0n) is 9.32. The Labute approximate surface area is 99.9 Å². The third-order valence-electron chi connectivity index (χ3n) is 2.75. The van der Waals surface area contributed by atoms with Gasteiger partial charge in [0.25, 0.3) is 0 Å². The van der Waals surface area contributed by atoms with Gasteiger partial charge < -0.3 is 11.1 Å². The molecular weight excluding hydrogens is 243 g/mol. The molecule has 17 heavy (non-hydrogen) atoms. The molecule has 2 rings (SSSR count). The fourth-order valence-corrected chi connectivity index (χ4v) is 3.70. The third kappa shape index (κ3) is 3.33. The van der Waals surface area contributed by atoms with Crippen LogP contribution in [-0.2, 0) is 9.84 Å². The van der Waals surface area contributed by atoms with Crippen molar-refractivity contribution in [1.82, 2.24) is 0 Å². The molecule has 3 N–H and O–H groups in total. The van der Waals surface area contributed by atoms with Gasteiger partial charge in [-0.1, -0.05) is 0 Å². The van der Waals surface area contributed by atoms with E-state index in [2.05, 4.69) is 5.32 Å². The first-order chi connectivity index (χ1) is 7.94. The highest BCUT2D eigenvalue weighted by molar-refractivity contribution is 7.91. The fraction of sp³-hybridized carbons (Fsp3) is 0.455. The summed E-state index contributed by atoms with van der Waals surface area (Å²) < 4.78 is 36.0. The van der Waals surface area contributed by atoms with Crippen molar-refractivity contribution in [2.45, 2.75) is 18.9 Å². The van der Waals surface area contributed by atoms with E-state index in [4.69, 9.17) is 5.73 Å². The Kier molecular flexibility index (Phi) is 3.24. The molecule has 0 aliphatic carbocycles. The molecule has 0 radical (unpaired) electrons. The Bertz CT molecular complexity index is 496. The molecule has 1 unspecified atom stereocenters. The lowest BCUT2D eigenvalue weighted by atomic mass is 10.1. The van der Waals surface area contributed by atoms with E-state index in [0.29, 0.717) is 17.8 Å². The van der Waals surface area contributed by atoms with Gasteiger partial charge in [0.2, 0.25) is 0 Å². The molecule has 94 valence electrons. The molecule has 1 heterocycles. The van der Waals surface area contributed by atoms with Crippen molar-refractivity contribution in [1.29, 1.82) is 0 Å². The zero-order valence-corrected chi connectivity index (χ0v) is 10.1. The van der Waals surface area contributed by atoms with E-state index in [-0.39, 0.29) is 17.5 Å². The number of anilines is 2. The third-order valence-corrected chi connectivity index (χ3v) is 4.57. The Morgan fingerprint density at radius 2 is 2.12 bits per heavy atom. The van der Waals surface area contributed by atoms with Crippen LogP contribution in [0, 0.1) is 5.82 Å². The van der Waals surface area contributed by atoms with E-state index < -0.39 is 15.7 Å². The van der Waals surface area contributed by atoms with Crippen molar-refractivity contribution in [3.05, 3.63) is 24.0 Å². The van der Waals surface area contributed by atoms with Crippen LogP contribution in [0.3, 0.4) is 0 Å². The summed E-state index contributed by atoms with van der Waals surface area (Å²) in [6.07, 6.45) is 1.42. The van der Waals surface area contributed by atoms with E-state index in [1.807, 2.05) is 0 Å². The topological polar surface area (TPSA) is 72.2 Å². The first-order valence-electron chi connectivity index (χ1n) is 5.48. The van der Waals surface area contributed by atoms with Crippen LogP contribution in [0.4, 0.5) is 15.8 Å². The van der Waals surface area contributed by atoms with E-state index >= 15 is 0 Å². The molecule has 0 bridgehead atoms. The van der Waals surface area contributed by atoms with Crippen LogP contribution in [-0.4, -0.2) is 26.0 Å². The molecule has 0 amide bonds. The van der Waals surface area contributed by atoms with E-state index in [9.17, 15) is 12.8 Å². The number of hydrogen-bond donors (Lipinski definition) is 2. The number of halogens is 1. The minimum atomic E-state index is -2.96. The van der Waals surface area contributed by atoms with Gasteiger partial charge in [-0.15, -0.1) is 0 Å². The predicted molar refractivity (Wildman–Crippen MR) is 66.1 cm³/mol. The number of sulfone groups is 1. The number of nitrogens with two attached hydrogens (primary N) is 1. The number of rotatable bonds is 2. The molecule has 1 saturated heterocycles. The van der Waals surface area contributed by atoms with Gasteiger partial charge in [0.15, 0.2) is 9.84 Å². The highest BCUT2D eigenvalue weighted by Gasteiger charge is 2.24. The minimum absolute atomic E-state index is 0.101. The maximum atomic E-state index is 13.1. The zero-order chi connectivity index (χ0) is 12.5. The lowest BCUT2D eigenvalue weighted by molar-refractivity contribution is 0.562. The summed E-state index contributed by atoms with van der Waals surface area (Å²) >= 11 is 0. The van der Waals surface area contributed by atoms with Gasteiger partial charge in [-0.05, 0) is 31.0 Å². The minimum Gasteiger partial charge on any atom is -0.399 e. The van der Waals surface area contributed by atoms with Crippen LogP contribution in [0.5, 0.6) is 0 Å². The SMILES string of the molecule is Nc1cc(F)cc(NC2CCCS(=O)(=O)C2)c1. The molecule has 4 nitrogen and oxygen atoms in total. The molecular formula is C11H15FN2O2S. The van der Waals surface area contributed by atoms with E-state index in [1.54, 1.807) is 6.07 Å². The molecule has 0 spiro atoms. The van der Waals surface area contributed by atoms with Crippen LogP contribution in [0.25, 0.3) is 0 Å². The maximum Gasteiger partial charge on any atom is 0.152 e. The summed E-state index contributed by atoms with van der Waals surface area (Å²) in [7, 11) is -2.96. The van der Waals surface area contributed by atoms with E-state index in [0.717, 1.165) is 6.42 Å². The molecule has 6 heteroatoms. The van der Waals surface area contributed by atoms with Crippen molar-refractivity contribution in [2.24, 2.45) is 0 Å². The average Bonchev–Trinajstić information content (AvgIpc) is 2.13. The summed E-state index contributed by atoms with van der Waals surface area (Å²) in [5.74, 6) is -0.0777. The van der Waals surface area contributed by atoms with Gasteiger partial charge in [0.1, 0.15) is 5.82 Å². The molecule has 1 aliphatic heterocycles. The lowest BCUT2D eigenvalue weighted by Crippen LogP contribution is -2.34. The van der Waals surface area contributed by atoms with Crippen LogP contribution < -0.4 is 11.1 Å². The van der Waals surface area contributed by atoms with Gasteiger partial charge >= 0.3 is 0 Å². The molecule has 1 atom stereocenters. The average molecular weight is 258 g/mol. The fourth-order valence-electron chi connectivity index (χ4n) is 2.07. The molecule has 1 aromatic rings. The molecule has 1 fully saturated rings. The Hall–Kier alpha value is -1.30. The first-order valence-corrected chi connectivity index (χ1v) is 7.30. The van der Waals surface area contributed by atoms with Gasteiger partial charge in [0, 0.05) is 17.4 Å². The maximum absolute atomic E-state index is 13.1. The summed E-state index contributed by atoms with van der Waals surface area (Å²) in [5, 5.41) is 3.02. The van der Waals surface area contributed by atoms with Crippen molar-refractivity contribution >= 4 is 21.2 Å². The Balaban J connectivity index is 2.10. The first kappa shape index (κ1) is 12.2. The summed E-state index contributed by atoms with van der Waals surface area (Å²) in [6, 6.07) is 3.99. The second-order valence-corrected chi connectivity index (χ2v) is 6.60. The molecule has 1 aromatic carbocycles. The molecule has 0 saturated carbocycles. The number of nitrogen functional groups attached to an aromatic ring is 1. The quantitative estimate of drug-likeness (QED) is 0.786. The highest BCUT2D eigenvalue weighted by Crippen LogP contribution is 2.20. The van der Waals surface area contributed by atoms with Gasteiger partial charge in [-0.25, -0.2) is 12.8 Å². The summed E-state index contributed by atoms with van der Waals surface area (Å²) in [4.78, 5) is 0. The van der Waals surface area contributed by atoms with Crippen LogP contribution in [0.1, 0.15) is 12.8 Å².